The fourth-order valence-electron chi connectivity index (χ4n) is 2.13. The quantitative estimate of drug-likeness (QED) is 0.340. The Morgan fingerprint density at radius 1 is 1.00 bits per heavy atom. The molecule has 0 bridgehead atoms. The van der Waals surface area contributed by atoms with E-state index in [1.807, 2.05) is 0 Å². The molecule has 1 heterocycles. The molecule has 28 heavy (non-hydrogen) atoms. The normalized spacial score (nSPS) is 20.9. The Hall–Kier alpha value is -1.32. The Bertz CT molecular complexity index is 539. The summed E-state index contributed by atoms with van der Waals surface area (Å²) >= 11 is 0. The van der Waals surface area contributed by atoms with Gasteiger partial charge in [-0.1, -0.05) is 26.8 Å². The van der Waals surface area contributed by atoms with Crippen LogP contribution in [0.5, 0.6) is 0 Å². The number of rotatable bonds is 8. The van der Waals surface area contributed by atoms with Gasteiger partial charge in [0.05, 0.1) is 18.5 Å². The Morgan fingerprint density at radius 3 is 1.79 bits per heavy atom. The molecule has 9 heteroatoms. The van der Waals surface area contributed by atoms with Crippen LogP contribution in [0.15, 0.2) is 12.3 Å². The maximum absolute atomic E-state index is 12.3. The van der Waals surface area contributed by atoms with Gasteiger partial charge in [-0.2, -0.15) is 0 Å². The van der Waals surface area contributed by atoms with E-state index in [0.717, 1.165) is 0 Å². The number of hydrogen-bond donors (Lipinski definition) is 0. The summed E-state index contributed by atoms with van der Waals surface area (Å²) in [5.41, 5.74) is 0. The van der Waals surface area contributed by atoms with Gasteiger partial charge in [0.2, 0.25) is 8.32 Å². The zero-order chi connectivity index (χ0) is 21.7. The molecular weight excluding hydrogens is 379 g/mol. The maximum atomic E-state index is 12.3. The van der Waals surface area contributed by atoms with E-state index in [1.165, 1.54) is 0 Å². The molecule has 0 spiro atoms. The number of hydrogen-bond acceptors (Lipinski definition) is 7. The van der Waals surface area contributed by atoms with Crippen LogP contribution in [0, 0.1) is 0 Å². The minimum atomic E-state index is -1.90. The van der Waals surface area contributed by atoms with Gasteiger partial charge < -0.3 is 23.2 Å². The first-order chi connectivity index (χ1) is 12.7. The SMILES string of the molecule is CC(C)OC(=O)[C@@H]1OB(C/C=C/O[Si](C)(C)C(C)(C)C)O[C@H]1C(=O)OC(C)C. The zero-order valence-electron chi connectivity index (χ0n) is 18.6. The molecule has 0 unspecified atom stereocenters. The Labute approximate surface area is 170 Å². The second kappa shape index (κ2) is 9.94. The molecule has 0 amide bonds. The lowest BCUT2D eigenvalue weighted by Gasteiger charge is -2.34. The van der Waals surface area contributed by atoms with Gasteiger partial charge in [0, 0.05) is 6.32 Å². The van der Waals surface area contributed by atoms with Crippen LogP contribution >= 0.6 is 0 Å². The second-order valence-corrected chi connectivity index (χ2v) is 13.8. The van der Waals surface area contributed by atoms with E-state index in [4.69, 9.17) is 23.2 Å². The molecule has 0 radical (unpaired) electrons. The van der Waals surface area contributed by atoms with E-state index in [2.05, 4.69) is 33.9 Å². The third-order valence-electron chi connectivity index (χ3n) is 4.63. The van der Waals surface area contributed by atoms with Gasteiger partial charge in [0.1, 0.15) is 0 Å². The van der Waals surface area contributed by atoms with Crippen molar-refractivity contribution < 1.29 is 32.8 Å². The highest BCUT2D eigenvalue weighted by atomic mass is 28.4. The van der Waals surface area contributed by atoms with Gasteiger partial charge >= 0.3 is 19.1 Å². The molecule has 2 atom stereocenters. The average molecular weight is 414 g/mol. The van der Waals surface area contributed by atoms with Gasteiger partial charge in [0.15, 0.2) is 12.2 Å². The lowest BCUT2D eigenvalue weighted by atomic mass is 9.85. The minimum Gasteiger partial charge on any atom is -0.549 e. The summed E-state index contributed by atoms with van der Waals surface area (Å²) in [6.45, 7) is 17.7. The molecule has 0 saturated carbocycles. The molecule has 1 rings (SSSR count). The smallest absolute Gasteiger partial charge is 0.462 e. The predicted molar refractivity (Wildman–Crippen MR) is 110 cm³/mol. The molecule has 1 aliphatic heterocycles. The highest BCUT2D eigenvalue weighted by Gasteiger charge is 2.49. The van der Waals surface area contributed by atoms with Crippen molar-refractivity contribution >= 4 is 27.4 Å². The molecule has 0 aromatic rings. The first-order valence-electron chi connectivity index (χ1n) is 9.79. The van der Waals surface area contributed by atoms with Crippen LogP contribution in [0.25, 0.3) is 0 Å². The van der Waals surface area contributed by atoms with Crippen LogP contribution in [-0.2, 0) is 32.8 Å². The highest BCUT2D eigenvalue weighted by Crippen LogP contribution is 2.36. The van der Waals surface area contributed by atoms with Crippen molar-refractivity contribution in [1.29, 1.82) is 0 Å². The Kier molecular flexibility index (Phi) is 8.77. The Balaban J connectivity index is 2.75. The molecule has 0 aromatic heterocycles. The van der Waals surface area contributed by atoms with Gasteiger partial charge in [-0.3, -0.25) is 0 Å². The summed E-state index contributed by atoms with van der Waals surface area (Å²) in [7, 11) is -2.65. The summed E-state index contributed by atoms with van der Waals surface area (Å²) in [5.74, 6) is -1.27. The third-order valence-corrected chi connectivity index (χ3v) is 8.97. The summed E-state index contributed by atoms with van der Waals surface area (Å²) < 4.78 is 27.6. The van der Waals surface area contributed by atoms with E-state index in [-0.39, 0.29) is 17.2 Å². The van der Waals surface area contributed by atoms with Crippen LogP contribution in [0.3, 0.4) is 0 Å². The van der Waals surface area contributed by atoms with Crippen LogP contribution in [-0.4, -0.2) is 51.8 Å². The standard InChI is InChI=1S/C19H35BO7Si/c1-13(2)24-17(21)15-16(18(22)25-14(3)4)27-20(26-15)11-10-12-23-28(8,9)19(5,6)7/h10,12-16H,11H2,1-9H3/b12-10+/t15-,16-/m1/s1. The van der Waals surface area contributed by atoms with Crippen molar-refractivity contribution in [1.82, 2.24) is 0 Å². The Morgan fingerprint density at radius 2 is 1.43 bits per heavy atom. The van der Waals surface area contributed by atoms with Gasteiger partial charge in [-0.05, 0) is 45.8 Å². The summed E-state index contributed by atoms with van der Waals surface area (Å²) in [6, 6.07) is 0. The lowest BCUT2D eigenvalue weighted by Crippen LogP contribution is -2.40. The molecule has 1 fully saturated rings. The fraction of sp³-hybridized carbons (Fsp3) is 0.789. The maximum Gasteiger partial charge on any atom is 0.462 e. The number of carbonyl (C=O) groups is 2. The molecule has 0 aromatic carbocycles. The number of esters is 2. The molecule has 7 nitrogen and oxygen atoms in total. The van der Waals surface area contributed by atoms with Crippen LogP contribution in [0.4, 0.5) is 0 Å². The van der Waals surface area contributed by atoms with Crippen molar-refractivity contribution in [2.24, 2.45) is 0 Å². The number of allylic oxidation sites excluding steroid dienone is 1. The van der Waals surface area contributed by atoms with Crippen LogP contribution in [0.2, 0.25) is 24.5 Å². The molecule has 1 saturated heterocycles. The minimum absolute atomic E-state index is 0.0924. The molecular formula is C19H35BO7Si. The zero-order valence-corrected chi connectivity index (χ0v) is 19.6. The van der Waals surface area contributed by atoms with Crippen molar-refractivity contribution in [2.75, 3.05) is 0 Å². The van der Waals surface area contributed by atoms with E-state index in [0.29, 0.717) is 6.32 Å². The lowest BCUT2D eigenvalue weighted by molar-refractivity contribution is -0.167. The number of ether oxygens (including phenoxy) is 2. The molecule has 0 N–H and O–H groups in total. The summed E-state index contributed by atoms with van der Waals surface area (Å²) in [5, 5.41) is 0.0924. The molecule has 160 valence electrons. The summed E-state index contributed by atoms with van der Waals surface area (Å²) in [4.78, 5) is 24.6. The molecule has 0 aliphatic carbocycles. The van der Waals surface area contributed by atoms with E-state index >= 15 is 0 Å². The second-order valence-electron chi connectivity index (χ2n) is 9.00. The third kappa shape index (κ3) is 7.25. The van der Waals surface area contributed by atoms with E-state index in [1.54, 1.807) is 40.0 Å². The van der Waals surface area contributed by atoms with Gasteiger partial charge in [-0.15, -0.1) is 0 Å². The van der Waals surface area contributed by atoms with Crippen LogP contribution in [0.1, 0.15) is 48.5 Å². The average Bonchev–Trinajstić information content (AvgIpc) is 2.93. The van der Waals surface area contributed by atoms with Crippen molar-refractivity contribution in [3.8, 4) is 0 Å². The van der Waals surface area contributed by atoms with E-state index < -0.39 is 39.6 Å². The largest absolute Gasteiger partial charge is 0.549 e. The van der Waals surface area contributed by atoms with Gasteiger partial charge in [0.25, 0.3) is 0 Å². The number of carbonyl (C=O) groups excluding carboxylic acids is 2. The predicted octanol–water partition coefficient (Wildman–Crippen LogP) is 3.70. The van der Waals surface area contributed by atoms with Crippen molar-refractivity contribution in [2.45, 2.75) is 97.3 Å². The summed E-state index contributed by atoms with van der Waals surface area (Å²) in [6.07, 6.45) is 0.842. The first kappa shape index (κ1) is 24.7. The van der Waals surface area contributed by atoms with Crippen LogP contribution < -0.4 is 0 Å². The fourth-order valence-corrected chi connectivity index (χ4v) is 2.92. The van der Waals surface area contributed by atoms with E-state index in [9.17, 15) is 9.59 Å². The van der Waals surface area contributed by atoms with Crippen molar-refractivity contribution in [3.05, 3.63) is 12.3 Å². The molecule has 1 aliphatic rings. The monoisotopic (exact) mass is 414 g/mol. The highest BCUT2D eigenvalue weighted by molar-refractivity contribution is 6.74. The topological polar surface area (TPSA) is 80.3 Å². The van der Waals surface area contributed by atoms with Crippen molar-refractivity contribution in [3.63, 3.8) is 0 Å². The van der Waals surface area contributed by atoms with Gasteiger partial charge in [-0.25, -0.2) is 9.59 Å². The first-order valence-corrected chi connectivity index (χ1v) is 12.7.